The lowest BCUT2D eigenvalue weighted by Crippen LogP contribution is -2.10. The van der Waals surface area contributed by atoms with E-state index < -0.39 is 0 Å². The normalized spacial score (nSPS) is 12.5. The predicted molar refractivity (Wildman–Crippen MR) is 224 cm³/mol. The second-order valence-electron chi connectivity index (χ2n) is 16.1. The largest absolute Gasteiger partial charge is 0.508 e. The molecule has 6 heteroatoms. The molecule has 54 heavy (non-hydrogen) atoms. The van der Waals surface area contributed by atoms with Gasteiger partial charge in [0.2, 0.25) is 0 Å². The van der Waals surface area contributed by atoms with Crippen molar-refractivity contribution >= 4 is 11.9 Å². The average Bonchev–Trinajstić information content (AvgIpc) is 3.16. The predicted octanol–water partition coefficient (Wildman–Crippen LogP) is 12.5. The fraction of sp³-hybridized carbons (Fsp3) is 0.708. The second-order valence-corrected chi connectivity index (χ2v) is 16.1. The van der Waals surface area contributed by atoms with Crippen LogP contribution < -0.4 is 0 Å². The number of esters is 2. The van der Waals surface area contributed by atoms with E-state index >= 15 is 0 Å². The number of hydrogen-bond donors (Lipinski definition) is 2. The number of unbranched alkanes of at least 4 members (excludes halogenated alkanes) is 7. The Kier molecular flexibility index (Phi) is 24.8. The van der Waals surface area contributed by atoms with Crippen molar-refractivity contribution in [3.8, 4) is 11.5 Å². The molecule has 0 aromatic heterocycles. The van der Waals surface area contributed by atoms with Gasteiger partial charge in [-0.05, 0) is 147 Å². The maximum Gasteiger partial charge on any atom is 0.306 e. The number of aromatic hydroxyl groups is 2. The smallest absolute Gasteiger partial charge is 0.306 e. The van der Waals surface area contributed by atoms with Gasteiger partial charge >= 0.3 is 11.9 Å². The Morgan fingerprint density at radius 1 is 0.463 bits per heavy atom. The highest BCUT2D eigenvalue weighted by Gasteiger charge is 2.15. The molecule has 0 aliphatic heterocycles. The van der Waals surface area contributed by atoms with Crippen LogP contribution in [0.5, 0.6) is 11.5 Å². The molecule has 2 atom stereocenters. The van der Waals surface area contributed by atoms with E-state index in [9.17, 15) is 19.8 Å². The maximum atomic E-state index is 12.7. The zero-order valence-corrected chi connectivity index (χ0v) is 35.4. The molecule has 0 saturated heterocycles. The van der Waals surface area contributed by atoms with Crippen molar-refractivity contribution in [3.05, 3.63) is 57.6 Å². The van der Waals surface area contributed by atoms with Crippen LogP contribution in [0.3, 0.4) is 0 Å². The first kappa shape index (κ1) is 47.1. The van der Waals surface area contributed by atoms with Gasteiger partial charge in [0.15, 0.2) is 0 Å². The van der Waals surface area contributed by atoms with Crippen LogP contribution in [0.25, 0.3) is 0 Å². The molecule has 2 N–H and O–H groups in total. The molecule has 0 aliphatic carbocycles. The first-order valence-corrected chi connectivity index (χ1v) is 22.1. The lowest BCUT2D eigenvalue weighted by molar-refractivity contribution is -0.145. The summed E-state index contributed by atoms with van der Waals surface area (Å²) in [5.41, 5.74) is 6.62. The van der Waals surface area contributed by atoms with Crippen molar-refractivity contribution in [2.75, 3.05) is 13.2 Å². The summed E-state index contributed by atoms with van der Waals surface area (Å²) in [6.07, 6.45) is 22.7. The molecule has 0 amide bonds. The van der Waals surface area contributed by atoms with Crippen LogP contribution in [0.1, 0.15) is 190 Å². The third-order valence-electron chi connectivity index (χ3n) is 11.1. The van der Waals surface area contributed by atoms with E-state index in [1.54, 1.807) is 0 Å². The number of benzene rings is 2. The summed E-state index contributed by atoms with van der Waals surface area (Å²) in [5, 5.41) is 21.4. The molecule has 0 saturated carbocycles. The summed E-state index contributed by atoms with van der Waals surface area (Å²) in [6, 6.07) is 8.15. The highest BCUT2D eigenvalue weighted by Crippen LogP contribution is 2.29. The quantitative estimate of drug-likeness (QED) is 0.0589. The highest BCUT2D eigenvalue weighted by molar-refractivity contribution is 5.70. The molecule has 2 unspecified atom stereocenters. The van der Waals surface area contributed by atoms with Crippen molar-refractivity contribution in [1.29, 1.82) is 0 Å². The first-order valence-electron chi connectivity index (χ1n) is 22.1. The molecule has 0 bridgehead atoms. The number of carbonyl (C=O) groups is 2. The molecule has 0 fully saturated rings. The molecule has 2 aromatic carbocycles. The van der Waals surface area contributed by atoms with Crippen LogP contribution in [-0.4, -0.2) is 35.4 Å². The minimum atomic E-state index is -0.172. The SMILES string of the molecule is CCCCc1cc(CCC(=O)OCCCCCCOC(=O)CCc2cc(CCCC)c(O)cc2CCC(C)CCCC)c(CCC(C)CCCC)cc1O. The summed E-state index contributed by atoms with van der Waals surface area (Å²) < 4.78 is 11.2. The number of aryl methyl sites for hydroxylation is 6. The Balaban J connectivity index is 1.73. The Morgan fingerprint density at radius 3 is 1.20 bits per heavy atom. The van der Waals surface area contributed by atoms with Crippen molar-refractivity contribution < 1.29 is 29.3 Å². The van der Waals surface area contributed by atoms with E-state index in [4.69, 9.17) is 9.47 Å². The third kappa shape index (κ3) is 19.5. The van der Waals surface area contributed by atoms with Crippen LogP contribution in [0.4, 0.5) is 0 Å². The summed E-state index contributed by atoms with van der Waals surface area (Å²) in [6.45, 7) is 14.2. The first-order chi connectivity index (χ1) is 26.1. The second kappa shape index (κ2) is 28.4. The molecule has 0 aliphatic rings. The standard InChI is InChI=1S/C48H78O6/c1-7-11-19-37(5)23-25-41-35-45(49)43(21-13-9-3)33-39(41)27-29-47(51)53-31-17-15-16-18-32-54-48(52)30-28-40-34-44(22-14-10-4)46(50)36-42(40)26-24-38(6)20-12-8-2/h33-38,49-50H,7-32H2,1-6H3. The monoisotopic (exact) mass is 751 g/mol. The molecule has 0 radical (unpaired) electrons. The highest BCUT2D eigenvalue weighted by atomic mass is 16.5. The minimum absolute atomic E-state index is 0.172. The Hall–Kier alpha value is -3.02. The lowest BCUT2D eigenvalue weighted by atomic mass is 9.90. The Bertz CT molecular complexity index is 1230. The van der Waals surface area contributed by atoms with Gasteiger partial charge < -0.3 is 19.7 Å². The van der Waals surface area contributed by atoms with Gasteiger partial charge in [0.05, 0.1) is 13.2 Å². The fourth-order valence-corrected chi connectivity index (χ4v) is 7.27. The maximum absolute atomic E-state index is 12.7. The molecule has 306 valence electrons. The van der Waals surface area contributed by atoms with E-state index in [2.05, 4.69) is 53.7 Å². The number of carbonyl (C=O) groups excluding carboxylic acids is 2. The third-order valence-corrected chi connectivity index (χ3v) is 11.1. The minimum Gasteiger partial charge on any atom is -0.508 e. The van der Waals surface area contributed by atoms with Gasteiger partial charge in [-0.25, -0.2) is 0 Å². The number of rotatable bonds is 31. The number of hydrogen-bond acceptors (Lipinski definition) is 6. The number of phenols is 2. The molecule has 2 aromatic rings. The summed E-state index contributed by atoms with van der Waals surface area (Å²) in [7, 11) is 0. The zero-order valence-electron chi connectivity index (χ0n) is 35.4. The molecule has 6 nitrogen and oxygen atoms in total. The van der Waals surface area contributed by atoms with Crippen molar-refractivity contribution in [2.24, 2.45) is 11.8 Å². The molecule has 0 heterocycles. The van der Waals surface area contributed by atoms with Crippen LogP contribution in [0, 0.1) is 11.8 Å². The average molecular weight is 751 g/mol. The Morgan fingerprint density at radius 2 is 0.833 bits per heavy atom. The Labute approximate surface area is 330 Å². The topological polar surface area (TPSA) is 93.1 Å². The zero-order chi connectivity index (χ0) is 39.6. The van der Waals surface area contributed by atoms with E-state index in [1.807, 2.05) is 12.1 Å². The van der Waals surface area contributed by atoms with E-state index in [-0.39, 0.29) is 11.9 Å². The van der Waals surface area contributed by atoms with Gasteiger partial charge in [-0.2, -0.15) is 0 Å². The molecular formula is C48H78O6. The van der Waals surface area contributed by atoms with E-state index in [1.165, 1.54) is 49.7 Å². The molecule has 0 spiro atoms. The summed E-state index contributed by atoms with van der Waals surface area (Å²) >= 11 is 0. The van der Waals surface area contributed by atoms with Crippen LogP contribution >= 0.6 is 0 Å². The van der Waals surface area contributed by atoms with Crippen LogP contribution in [0.15, 0.2) is 24.3 Å². The lowest BCUT2D eigenvalue weighted by Gasteiger charge is -2.16. The number of phenolic OH excluding ortho intramolecular Hbond substituents is 2. The van der Waals surface area contributed by atoms with Gasteiger partial charge in [0.1, 0.15) is 11.5 Å². The fourth-order valence-electron chi connectivity index (χ4n) is 7.27. The summed E-state index contributed by atoms with van der Waals surface area (Å²) in [4.78, 5) is 25.4. The summed E-state index contributed by atoms with van der Waals surface area (Å²) in [5.74, 6) is 1.72. The molecular weight excluding hydrogens is 673 g/mol. The molecule has 2 rings (SSSR count). The van der Waals surface area contributed by atoms with Gasteiger partial charge in [0, 0.05) is 12.8 Å². The van der Waals surface area contributed by atoms with Crippen molar-refractivity contribution in [1.82, 2.24) is 0 Å². The van der Waals surface area contributed by atoms with Crippen molar-refractivity contribution in [2.45, 2.75) is 196 Å². The van der Waals surface area contributed by atoms with Gasteiger partial charge in [0.25, 0.3) is 0 Å². The van der Waals surface area contributed by atoms with Crippen molar-refractivity contribution in [3.63, 3.8) is 0 Å². The van der Waals surface area contributed by atoms with Crippen LogP contribution in [-0.2, 0) is 57.6 Å². The number of ether oxygens (including phenoxy) is 2. The van der Waals surface area contributed by atoms with Gasteiger partial charge in [-0.1, -0.05) is 105 Å². The van der Waals surface area contributed by atoms with Gasteiger partial charge in [-0.15, -0.1) is 0 Å². The van der Waals surface area contributed by atoms with Gasteiger partial charge in [-0.3, -0.25) is 9.59 Å². The van der Waals surface area contributed by atoms with E-state index in [0.29, 0.717) is 62.2 Å². The van der Waals surface area contributed by atoms with Crippen LogP contribution in [0.2, 0.25) is 0 Å². The van der Waals surface area contributed by atoms with E-state index in [0.717, 1.165) is 112 Å².